The van der Waals surface area contributed by atoms with Crippen molar-refractivity contribution in [2.45, 2.75) is 26.8 Å². The minimum Gasteiger partial charge on any atom is -0.497 e. The molecule has 5 aromatic rings. The highest BCUT2D eigenvalue weighted by molar-refractivity contribution is 5.92. The van der Waals surface area contributed by atoms with Crippen LogP contribution >= 0.6 is 0 Å². The molecular weight excluding hydrogens is 434 g/mol. The van der Waals surface area contributed by atoms with E-state index in [1.54, 1.807) is 32.2 Å². The third kappa shape index (κ3) is 4.05. The molecule has 1 amide bonds. The number of rotatable bonds is 6. The summed E-state index contributed by atoms with van der Waals surface area (Å²) in [5, 5.41) is 3.15. The van der Waals surface area contributed by atoms with Crippen LogP contribution in [0.15, 0.2) is 62.2 Å². The third-order valence-electron chi connectivity index (χ3n) is 5.66. The number of carbonyl (C=O) groups excluding carboxylic acids is 1. The molecule has 3 aromatic heterocycles. The number of hydrogen-bond donors (Lipinski definition) is 2. The number of ether oxygens (including phenoxy) is 1. The molecule has 0 aliphatic rings. The molecule has 0 saturated carbocycles. The van der Waals surface area contributed by atoms with Gasteiger partial charge in [-0.05, 0) is 55.8 Å². The summed E-state index contributed by atoms with van der Waals surface area (Å²) in [6, 6.07) is 14.8. The Bertz CT molecular complexity index is 1570. The van der Waals surface area contributed by atoms with Gasteiger partial charge in [0, 0.05) is 17.2 Å². The van der Waals surface area contributed by atoms with Gasteiger partial charge in [0.25, 0.3) is 0 Å². The third-order valence-corrected chi connectivity index (χ3v) is 5.66. The van der Waals surface area contributed by atoms with Gasteiger partial charge in [-0.15, -0.1) is 0 Å². The summed E-state index contributed by atoms with van der Waals surface area (Å²) in [6.07, 6.45) is -0.0540. The Morgan fingerprint density at radius 2 is 1.88 bits per heavy atom. The van der Waals surface area contributed by atoms with Crippen molar-refractivity contribution in [2.75, 3.05) is 7.11 Å². The summed E-state index contributed by atoms with van der Waals surface area (Å²) >= 11 is 0. The molecule has 0 bridgehead atoms. The quantitative estimate of drug-likeness (QED) is 0.391. The number of fused-ring (bicyclic) bond motifs is 2. The molecule has 0 spiro atoms. The largest absolute Gasteiger partial charge is 0.497 e. The second-order valence-electron chi connectivity index (χ2n) is 8.18. The average Bonchev–Trinajstić information content (AvgIpc) is 3.38. The van der Waals surface area contributed by atoms with E-state index < -0.39 is 5.63 Å². The minimum absolute atomic E-state index is 0.0540. The van der Waals surface area contributed by atoms with Gasteiger partial charge in [0.1, 0.15) is 34.1 Å². The molecule has 8 nitrogen and oxygen atoms in total. The molecule has 0 atom stereocenters. The number of nitrogens with one attached hydrogen (secondary N) is 2. The van der Waals surface area contributed by atoms with Gasteiger partial charge >= 0.3 is 5.63 Å². The lowest BCUT2D eigenvalue weighted by Gasteiger charge is -2.06. The predicted molar refractivity (Wildman–Crippen MR) is 128 cm³/mol. The van der Waals surface area contributed by atoms with Gasteiger partial charge < -0.3 is 23.9 Å². The van der Waals surface area contributed by atoms with Crippen molar-refractivity contribution in [3.63, 3.8) is 0 Å². The summed E-state index contributed by atoms with van der Waals surface area (Å²) in [4.78, 5) is 33.3. The van der Waals surface area contributed by atoms with Crippen molar-refractivity contribution in [1.82, 2.24) is 15.3 Å². The fraction of sp³-hybridized carbons (Fsp3) is 0.192. The second-order valence-corrected chi connectivity index (χ2v) is 8.18. The first-order valence-electron chi connectivity index (χ1n) is 10.8. The van der Waals surface area contributed by atoms with Crippen LogP contribution in [0.5, 0.6) is 5.75 Å². The van der Waals surface area contributed by atoms with Gasteiger partial charge in [-0.3, -0.25) is 4.79 Å². The Kier molecular flexibility index (Phi) is 5.41. The van der Waals surface area contributed by atoms with Crippen LogP contribution in [0.3, 0.4) is 0 Å². The Morgan fingerprint density at radius 1 is 1.09 bits per heavy atom. The van der Waals surface area contributed by atoms with Gasteiger partial charge in [-0.25, -0.2) is 9.78 Å². The van der Waals surface area contributed by atoms with E-state index in [-0.39, 0.29) is 24.3 Å². The van der Waals surface area contributed by atoms with Gasteiger partial charge in [0.05, 0.1) is 31.1 Å². The fourth-order valence-electron chi connectivity index (χ4n) is 4.03. The average molecular weight is 457 g/mol. The van der Waals surface area contributed by atoms with Crippen molar-refractivity contribution in [1.29, 1.82) is 0 Å². The lowest BCUT2D eigenvalue weighted by Crippen LogP contribution is -2.25. The Balaban J connectivity index is 1.45. The molecule has 0 unspecified atom stereocenters. The smallest absolute Gasteiger partial charge is 0.347 e. The number of aromatic amines is 1. The van der Waals surface area contributed by atoms with Crippen molar-refractivity contribution in [3.8, 4) is 17.1 Å². The molecule has 0 radical (unpaired) electrons. The standard InChI is InChI=1S/C26H23N3O5/c1-14-4-9-19-20(10-14)29-22(28-19)13-27-23(30)12-18-24-21(11-15(2)33-26(24)31)34-25(18)16-5-7-17(32-3)8-6-16/h4-11H,12-13H2,1-3H3,(H,27,30)(H,28,29). The zero-order valence-corrected chi connectivity index (χ0v) is 19.0. The molecule has 8 heteroatoms. The van der Waals surface area contributed by atoms with Crippen LogP contribution in [-0.4, -0.2) is 23.0 Å². The second kappa shape index (κ2) is 8.55. The Labute approximate surface area is 194 Å². The van der Waals surface area contributed by atoms with Crippen molar-refractivity contribution < 1.29 is 18.4 Å². The van der Waals surface area contributed by atoms with Crippen LogP contribution in [0.4, 0.5) is 0 Å². The van der Waals surface area contributed by atoms with Gasteiger partial charge in [-0.1, -0.05) is 6.07 Å². The maximum atomic E-state index is 12.9. The SMILES string of the molecule is COc1ccc(-c2oc3cc(C)oc(=O)c3c2CC(=O)NCc2nc3ccc(C)cc3[nH]2)cc1. The van der Waals surface area contributed by atoms with Crippen LogP contribution in [0.1, 0.15) is 22.7 Å². The van der Waals surface area contributed by atoms with Crippen LogP contribution < -0.4 is 15.7 Å². The summed E-state index contributed by atoms with van der Waals surface area (Å²) in [5.41, 5.74) is 3.93. The van der Waals surface area contributed by atoms with Crippen molar-refractivity contribution in [2.24, 2.45) is 0 Å². The first-order valence-corrected chi connectivity index (χ1v) is 10.8. The molecule has 2 aromatic carbocycles. The van der Waals surface area contributed by atoms with Gasteiger partial charge in [0.15, 0.2) is 0 Å². The van der Waals surface area contributed by atoms with Crippen molar-refractivity contribution in [3.05, 3.63) is 81.7 Å². The van der Waals surface area contributed by atoms with E-state index in [4.69, 9.17) is 13.6 Å². The number of imidazole rings is 1. The van der Waals surface area contributed by atoms with E-state index in [0.29, 0.717) is 34.2 Å². The number of nitrogens with zero attached hydrogens (tertiary/aromatic N) is 1. The zero-order chi connectivity index (χ0) is 23.8. The number of furan rings is 1. The first kappa shape index (κ1) is 21.5. The van der Waals surface area contributed by atoms with E-state index in [1.807, 2.05) is 37.3 Å². The highest BCUT2D eigenvalue weighted by atomic mass is 16.5. The van der Waals surface area contributed by atoms with E-state index in [1.165, 1.54) is 0 Å². The van der Waals surface area contributed by atoms with Crippen LogP contribution in [-0.2, 0) is 17.8 Å². The van der Waals surface area contributed by atoms with Crippen LogP contribution in [0.25, 0.3) is 33.3 Å². The predicted octanol–water partition coefficient (Wildman–Crippen LogP) is 4.41. The van der Waals surface area contributed by atoms with Crippen LogP contribution in [0, 0.1) is 13.8 Å². The summed E-state index contributed by atoms with van der Waals surface area (Å²) in [7, 11) is 1.59. The van der Waals surface area contributed by atoms with E-state index in [0.717, 1.165) is 22.2 Å². The molecule has 3 heterocycles. The van der Waals surface area contributed by atoms with E-state index >= 15 is 0 Å². The summed E-state index contributed by atoms with van der Waals surface area (Å²) in [6.45, 7) is 3.92. The highest BCUT2D eigenvalue weighted by Gasteiger charge is 2.22. The molecule has 5 rings (SSSR count). The lowest BCUT2D eigenvalue weighted by molar-refractivity contribution is -0.120. The zero-order valence-electron chi connectivity index (χ0n) is 19.0. The summed E-state index contributed by atoms with van der Waals surface area (Å²) in [5.74, 6) is 1.95. The number of aromatic nitrogens is 2. The van der Waals surface area contributed by atoms with Crippen LogP contribution in [0.2, 0.25) is 0 Å². The fourth-order valence-corrected chi connectivity index (χ4v) is 4.03. The van der Waals surface area contributed by atoms with Gasteiger partial charge in [0.2, 0.25) is 5.91 Å². The maximum Gasteiger partial charge on any atom is 0.347 e. The molecule has 0 aliphatic heterocycles. The van der Waals surface area contributed by atoms with Crippen molar-refractivity contribution >= 4 is 27.9 Å². The Morgan fingerprint density at radius 3 is 2.65 bits per heavy atom. The molecule has 0 aliphatic carbocycles. The lowest BCUT2D eigenvalue weighted by atomic mass is 10.0. The number of benzene rings is 2. The molecular formula is C26H23N3O5. The molecule has 2 N–H and O–H groups in total. The Hall–Kier alpha value is -4.33. The number of methoxy groups -OCH3 is 1. The first-order chi connectivity index (χ1) is 16.4. The molecule has 172 valence electrons. The number of carbonyl (C=O) groups is 1. The monoisotopic (exact) mass is 457 g/mol. The summed E-state index contributed by atoms with van der Waals surface area (Å²) < 4.78 is 16.6. The van der Waals surface area contributed by atoms with Gasteiger partial charge in [-0.2, -0.15) is 0 Å². The minimum atomic E-state index is -0.533. The number of aryl methyl sites for hydroxylation is 2. The maximum absolute atomic E-state index is 12.9. The normalized spacial score (nSPS) is 11.3. The highest BCUT2D eigenvalue weighted by Crippen LogP contribution is 2.33. The topological polar surface area (TPSA) is 110 Å². The molecule has 34 heavy (non-hydrogen) atoms. The number of hydrogen-bond acceptors (Lipinski definition) is 6. The van der Waals surface area contributed by atoms with E-state index in [9.17, 15) is 9.59 Å². The number of H-pyrrole nitrogens is 1. The van der Waals surface area contributed by atoms with E-state index in [2.05, 4.69) is 15.3 Å². The molecule has 0 saturated heterocycles. The molecule has 0 fully saturated rings. The number of amides is 1.